The van der Waals surface area contributed by atoms with E-state index in [0.29, 0.717) is 17.0 Å². The molecule has 1 atom stereocenters. The molecule has 106 valence electrons. The van der Waals surface area contributed by atoms with E-state index in [0.717, 1.165) is 11.5 Å². The first-order valence-corrected chi connectivity index (χ1v) is 7.20. The van der Waals surface area contributed by atoms with Gasteiger partial charge in [0.05, 0.1) is 5.69 Å². The molecule has 0 saturated heterocycles. The van der Waals surface area contributed by atoms with E-state index < -0.39 is 5.92 Å². The van der Waals surface area contributed by atoms with Crippen molar-refractivity contribution in [3.63, 3.8) is 0 Å². The summed E-state index contributed by atoms with van der Waals surface area (Å²) in [6.45, 7) is 5.89. The fourth-order valence-electron chi connectivity index (χ4n) is 2.44. The zero-order valence-electron chi connectivity index (χ0n) is 11.4. The highest BCUT2D eigenvalue weighted by Crippen LogP contribution is 2.41. The SMILES string of the molecule is CC(C)(C)c1nnsc1C(=O)CC1CCC(F)(F)C1. The van der Waals surface area contributed by atoms with Crippen LogP contribution in [0.25, 0.3) is 0 Å². The van der Waals surface area contributed by atoms with Crippen LogP contribution >= 0.6 is 11.5 Å². The van der Waals surface area contributed by atoms with Gasteiger partial charge in [-0.2, -0.15) is 0 Å². The molecule has 3 nitrogen and oxygen atoms in total. The predicted octanol–water partition coefficient (Wildman–Crippen LogP) is 3.84. The summed E-state index contributed by atoms with van der Waals surface area (Å²) in [6.07, 6.45) is 0.339. The van der Waals surface area contributed by atoms with Gasteiger partial charge in [0.25, 0.3) is 0 Å². The molecule has 1 aromatic heterocycles. The number of alkyl halides is 2. The van der Waals surface area contributed by atoms with Crippen molar-refractivity contribution in [3.8, 4) is 0 Å². The molecule has 6 heteroatoms. The van der Waals surface area contributed by atoms with Gasteiger partial charge in [0.1, 0.15) is 4.88 Å². The topological polar surface area (TPSA) is 42.9 Å². The summed E-state index contributed by atoms with van der Waals surface area (Å²) in [7, 11) is 0. The zero-order chi connectivity index (χ0) is 14.3. The number of Topliss-reactive ketones (excluding diaryl/α,β-unsaturated/α-hetero) is 1. The van der Waals surface area contributed by atoms with Gasteiger partial charge >= 0.3 is 0 Å². The van der Waals surface area contributed by atoms with E-state index in [1.165, 1.54) is 0 Å². The van der Waals surface area contributed by atoms with Crippen LogP contribution in [0, 0.1) is 5.92 Å². The van der Waals surface area contributed by atoms with Crippen LogP contribution in [0.4, 0.5) is 8.78 Å². The van der Waals surface area contributed by atoms with Gasteiger partial charge < -0.3 is 0 Å². The Morgan fingerprint density at radius 1 is 1.47 bits per heavy atom. The molecule has 0 aromatic carbocycles. The monoisotopic (exact) mass is 288 g/mol. The number of carbonyl (C=O) groups is 1. The highest BCUT2D eigenvalue weighted by Gasteiger charge is 2.40. The van der Waals surface area contributed by atoms with Crippen LogP contribution in [0.2, 0.25) is 0 Å². The highest BCUT2D eigenvalue weighted by molar-refractivity contribution is 7.08. The smallest absolute Gasteiger partial charge is 0.248 e. The second-order valence-corrected chi connectivity index (χ2v) is 7.05. The largest absolute Gasteiger partial charge is 0.293 e. The molecule has 0 amide bonds. The summed E-state index contributed by atoms with van der Waals surface area (Å²) in [5.74, 6) is -2.90. The van der Waals surface area contributed by atoms with Gasteiger partial charge in [0.2, 0.25) is 5.92 Å². The summed E-state index contributed by atoms with van der Waals surface area (Å²) in [6, 6.07) is 0. The molecule has 0 bridgehead atoms. The molecule has 1 aliphatic carbocycles. The lowest BCUT2D eigenvalue weighted by Crippen LogP contribution is -2.17. The van der Waals surface area contributed by atoms with Gasteiger partial charge in [0, 0.05) is 24.7 Å². The molecule has 1 fully saturated rings. The predicted molar refractivity (Wildman–Crippen MR) is 69.8 cm³/mol. The first-order valence-electron chi connectivity index (χ1n) is 6.43. The van der Waals surface area contributed by atoms with Gasteiger partial charge in [-0.15, -0.1) is 5.10 Å². The lowest BCUT2D eigenvalue weighted by Gasteiger charge is -2.16. The Kier molecular flexibility index (Phi) is 3.73. The molecule has 1 heterocycles. The Morgan fingerprint density at radius 2 is 2.16 bits per heavy atom. The maximum Gasteiger partial charge on any atom is 0.248 e. The van der Waals surface area contributed by atoms with E-state index in [1.54, 1.807) is 0 Å². The van der Waals surface area contributed by atoms with E-state index in [9.17, 15) is 13.6 Å². The molecule has 0 aliphatic heterocycles. The van der Waals surface area contributed by atoms with Crippen molar-refractivity contribution in [2.24, 2.45) is 5.92 Å². The number of halogens is 2. The standard InChI is InChI=1S/C13H18F2N2OS/c1-12(2,3)11-10(19-17-16-11)9(18)6-8-4-5-13(14,15)7-8/h8H,4-7H2,1-3H3. The van der Waals surface area contributed by atoms with Crippen LogP contribution in [-0.4, -0.2) is 21.3 Å². The molecule has 1 aliphatic rings. The highest BCUT2D eigenvalue weighted by atomic mass is 32.1. The van der Waals surface area contributed by atoms with E-state index >= 15 is 0 Å². The first-order chi connectivity index (χ1) is 8.69. The molecular formula is C13H18F2N2OS. The number of hydrogen-bond acceptors (Lipinski definition) is 4. The Bertz CT molecular complexity index is 479. The summed E-state index contributed by atoms with van der Waals surface area (Å²) in [5, 5.41) is 4.01. The third-order valence-corrected chi connectivity index (χ3v) is 4.20. The summed E-state index contributed by atoms with van der Waals surface area (Å²) in [4.78, 5) is 12.8. The lowest BCUT2D eigenvalue weighted by molar-refractivity contribution is 0.00497. The molecule has 0 spiro atoms. The van der Waals surface area contributed by atoms with Gasteiger partial charge in [-0.25, -0.2) is 8.78 Å². The average molecular weight is 288 g/mol. The normalized spacial score (nSPS) is 22.7. The van der Waals surface area contributed by atoms with Crippen LogP contribution in [0.1, 0.15) is 61.8 Å². The third kappa shape index (κ3) is 3.35. The Hall–Kier alpha value is -0.910. The maximum absolute atomic E-state index is 13.1. The number of aromatic nitrogens is 2. The van der Waals surface area contributed by atoms with Gasteiger partial charge in [-0.3, -0.25) is 4.79 Å². The second-order valence-electron chi connectivity index (χ2n) is 6.29. The van der Waals surface area contributed by atoms with Crippen LogP contribution in [0.15, 0.2) is 0 Å². The minimum Gasteiger partial charge on any atom is -0.293 e. The summed E-state index contributed by atoms with van der Waals surface area (Å²) in [5.41, 5.74) is 0.421. The van der Waals surface area contributed by atoms with Crippen molar-refractivity contribution < 1.29 is 13.6 Å². The number of rotatable bonds is 3. The van der Waals surface area contributed by atoms with Gasteiger partial charge in [-0.1, -0.05) is 25.3 Å². The quantitative estimate of drug-likeness (QED) is 0.794. The van der Waals surface area contributed by atoms with Crippen LogP contribution < -0.4 is 0 Å². The summed E-state index contributed by atoms with van der Waals surface area (Å²) < 4.78 is 30.1. The number of nitrogens with zero attached hydrogens (tertiary/aromatic N) is 2. The lowest BCUT2D eigenvalue weighted by atomic mass is 9.89. The minimum absolute atomic E-state index is 0.0948. The fourth-order valence-corrected chi connectivity index (χ4v) is 3.26. The second kappa shape index (κ2) is 4.89. The molecule has 2 rings (SSSR count). The van der Waals surface area contributed by atoms with Crippen molar-refractivity contribution in [1.29, 1.82) is 0 Å². The minimum atomic E-state index is -2.59. The molecule has 0 radical (unpaired) electrons. The fraction of sp³-hybridized carbons (Fsp3) is 0.769. The van der Waals surface area contributed by atoms with Gasteiger partial charge in [-0.05, 0) is 23.9 Å². The van der Waals surface area contributed by atoms with Crippen molar-refractivity contribution in [2.75, 3.05) is 0 Å². The molecular weight excluding hydrogens is 270 g/mol. The zero-order valence-corrected chi connectivity index (χ0v) is 12.2. The Labute approximate surface area is 115 Å². The number of hydrogen-bond donors (Lipinski definition) is 0. The number of carbonyl (C=O) groups excluding carboxylic acids is 1. The van der Waals surface area contributed by atoms with Crippen molar-refractivity contribution in [1.82, 2.24) is 9.59 Å². The van der Waals surface area contributed by atoms with Crippen molar-refractivity contribution >= 4 is 17.3 Å². The Balaban J connectivity index is 2.08. The first kappa shape index (κ1) is 14.5. The average Bonchev–Trinajstić information content (AvgIpc) is 2.83. The van der Waals surface area contributed by atoms with Crippen LogP contribution in [0.3, 0.4) is 0 Å². The van der Waals surface area contributed by atoms with E-state index in [-0.39, 0.29) is 36.4 Å². The Morgan fingerprint density at radius 3 is 2.68 bits per heavy atom. The van der Waals surface area contributed by atoms with Crippen molar-refractivity contribution in [3.05, 3.63) is 10.6 Å². The molecule has 0 N–H and O–H groups in total. The maximum atomic E-state index is 13.1. The molecule has 1 saturated carbocycles. The van der Waals surface area contributed by atoms with Gasteiger partial charge in [0.15, 0.2) is 5.78 Å². The van der Waals surface area contributed by atoms with Crippen molar-refractivity contribution in [2.45, 2.75) is 57.8 Å². The van der Waals surface area contributed by atoms with Crippen LogP contribution in [-0.2, 0) is 5.41 Å². The molecule has 1 aromatic rings. The molecule has 19 heavy (non-hydrogen) atoms. The van der Waals surface area contributed by atoms with Crippen LogP contribution in [0.5, 0.6) is 0 Å². The molecule has 1 unspecified atom stereocenters. The number of ketones is 1. The third-order valence-electron chi connectivity index (χ3n) is 3.43. The summed E-state index contributed by atoms with van der Waals surface area (Å²) >= 11 is 1.07. The van der Waals surface area contributed by atoms with E-state index in [4.69, 9.17) is 0 Å². The van der Waals surface area contributed by atoms with E-state index in [1.807, 2.05) is 20.8 Å². The van der Waals surface area contributed by atoms with E-state index in [2.05, 4.69) is 9.59 Å².